The van der Waals surface area contributed by atoms with Crippen LogP contribution in [0.3, 0.4) is 0 Å². The van der Waals surface area contributed by atoms with Crippen molar-refractivity contribution >= 4 is 17.3 Å². The lowest BCUT2D eigenvalue weighted by Gasteiger charge is -2.07. The third-order valence-electron chi connectivity index (χ3n) is 3.66. The van der Waals surface area contributed by atoms with E-state index in [1.54, 1.807) is 13.2 Å². The smallest absolute Gasteiger partial charge is 0.157 e. The van der Waals surface area contributed by atoms with Gasteiger partial charge in [0, 0.05) is 11.6 Å². The number of aryl methyl sites for hydroxylation is 1. The van der Waals surface area contributed by atoms with Crippen LogP contribution in [-0.4, -0.2) is 20.5 Å². The van der Waals surface area contributed by atoms with Gasteiger partial charge in [-0.1, -0.05) is 29.8 Å². The highest BCUT2D eigenvalue weighted by Crippen LogP contribution is 2.39. The van der Waals surface area contributed by atoms with Crippen molar-refractivity contribution in [3.05, 3.63) is 47.5 Å². The second-order valence-electron chi connectivity index (χ2n) is 5.03. The zero-order valence-corrected chi connectivity index (χ0v) is 12.7. The molecule has 0 aliphatic carbocycles. The minimum Gasteiger partial charge on any atom is -0.496 e. The van der Waals surface area contributed by atoms with Crippen LogP contribution in [0.1, 0.15) is 15.9 Å². The van der Waals surface area contributed by atoms with Crippen LogP contribution in [0.2, 0.25) is 0 Å². The Bertz CT molecular complexity index is 828. The number of aldehydes is 1. The first-order valence-corrected chi connectivity index (χ1v) is 6.88. The van der Waals surface area contributed by atoms with E-state index in [2.05, 4.69) is 0 Å². The number of hydrogen-bond donors (Lipinski definition) is 0. The lowest BCUT2D eigenvalue weighted by atomic mass is 10.1. The van der Waals surface area contributed by atoms with Crippen molar-refractivity contribution in [3.63, 3.8) is 0 Å². The summed E-state index contributed by atoms with van der Waals surface area (Å²) < 4.78 is 16.5. The largest absolute Gasteiger partial charge is 0.496 e. The maximum Gasteiger partial charge on any atom is 0.157 e. The second kappa shape index (κ2) is 5.56. The minimum atomic E-state index is 0.386. The molecule has 0 aliphatic rings. The Hall–Kier alpha value is -2.75. The number of carbonyl (C=O) groups excluding carboxylic acids is 1. The van der Waals surface area contributed by atoms with Gasteiger partial charge in [0.05, 0.1) is 25.2 Å². The highest BCUT2D eigenvalue weighted by molar-refractivity contribution is 6.02. The molecule has 3 aromatic rings. The van der Waals surface area contributed by atoms with Crippen molar-refractivity contribution in [1.82, 2.24) is 0 Å². The first-order chi connectivity index (χ1) is 10.7. The van der Waals surface area contributed by atoms with Gasteiger partial charge in [0.25, 0.3) is 0 Å². The normalized spacial score (nSPS) is 10.7. The van der Waals surface area contributed by atoms with Crippen LogP contribution in [0, 0.1) is 6.92 Å². The number of carbonyl (C=O) groups is 1. The summed E-state index contributed by atoms with van der Waals surface area (Å²) in [6.07, 6.45) is 0.739. The van der Waals surface area contributed by atoms with E-state index in [9.17, 15) is 4.79 Å². The summed E-state index contributed by atoms with van der Waals surface area (Å²) in [6.45, 7) is 2.03. The second-order valence-corrected chi connectivity index (χ2v) is 5.03. The SMILES string of the molecule is COc1cc(OC)c2cc(-c3ccc(C)cc3)oc2c1C=O. The molecule has 0 spiro atoms. The van der Waals surface area contributed by atoms with Gasteiger partial charge in [-0.3, -0.25) is 4.79 Å². The Morgan fingerprint density at radius 1 is 1.00 bits per heavy atom. The van der Waals surface area contributed by atoms with Crippen LogP contribution in [0.15, 0.2) is 40.8 Å². The molecule has 112 valence electrons. The summed E-state index contributed by atoms with van der Waals surface area (Å²) in [7, 11) is 3.09. The third-order valence-corrected chi connectivity index (χ3v) is 3.66. The molecule has 0 fully saturated rings. The molecule has 0 atom stereocenters. The van der Waals surface area contributed by atoms with E-state index in [1.807, 2.05) is 37.3 Å². The summed E-state index contributed by atoms with van der Waals surface area (Å²) in [5, 5.41) is 0.751. The molecular formula is C18H16O4. The van der Waals surface area contributed by atoms with Crippen LogP contribution >= 0.6 is 0 Å². The van der Waals surface area contributed by atoms with Crippen molar-refractivity contribution in [2.24, 2.45) is 0 Å². The quantitative estimate of drug-likeness (QED) is 0.676. The predicted octanol–water partition coefficient (Wildman–Crippen LogP) is 4.24. The van der Waals surface area contributed by atoms with Crippen LogP contribution in [0.25, 0.3) is 22.3 Å². The molecule has 1 aromatic heterocycles. The van der Waals surface area contributed by atoms with Crippen molar-refractivity contribution in [3.8, 4) is 22.8 Å². The molecule has 2 aromatic carbocycles. The van der Waals surface area contributed by atoms with E-state index in [4.69, 9.17) is 13.9 Å². The van der Waals surface area contributed by atoms with E-state index in [1.165, 1.54) is 12.7 Å². The van der Waals surface area contributed by atoms with Crippen molar-refractivity contribution in [2.75, 3.05) is 14.2 Å². The molecule has 0 unspecified atom stereocenters. The zero-order chi connectivity index (χ0) is 15.7. The van der Waals surface area contributed by atoms with E-state index >= 15 is 0 Å². The molecule has 3 rings (SSSR count). The van der Waals surface area contributed by atoms with E-state index < -0.39 is 0 Å². The molecule has 0 radical (unpaired) electrons. The average molecular weight is 296 g/mol. The number of hydrogen-bond acceptors (Lipinski definition) is 4. The van der Waals surface area contributed by atoms with Crippen molar-refractivity contribution in [2.45, 2.75) is 6.92 Å². The van der Waals surface area contributed by atoms with E-state index in [0.29, 0.717) is 28.4 Å². The number of methoxy groups -OCH3 is 2. The summed E-state index contributed by atoms with van der Waals surface area (Å²) in [6, 6.07) is 11.6. The van der Waals surface area contributed by atoms with Gasteiger partial charge in [-0.2, -0.15) is 0 Å². The summed E-state index contributed by atoms with van der Waals surface area (Å²) in [5.41, 5.74) is 2.98. The monoisotopic (exact) mass is 296 g/mol. The Labute approximate surface area is 128 Å². The fourth-order valence-electron chi connectivity index (χ4n) is 2.47. The van der Waals surface area contributed by atoms with Crippen LogP contribution in [0.4, 0.5) is 0 Å². The molecule has 0 saturated heterocycles. The number of ether oxygens (including phenoxy) is 2. The first kappa shape index (κ1) is 14.2. The fraction of sp³-hybridized carbons (Fsp3) is 0.167. The maximum atomic E-state index is 11.4. The Balaban J connectivity index is 2.27. The molecule has 0 amide bonds. The number of benzene rings is 2. The van der Waals surface area contributed by atoms with Gasteiger partial charge in [0.1, 0.15) is 17.3 Å². The van der Waals surface area contributed by atoms with Gasteiger partial charge in [-0.25, -0.2) is 0 Å². The zero-order valence-electron chi connectivity index (χ0n) is 12.7. The molecule has 22 heavy (non-hydrogen) atoms. The highest BCUT2D eigenvalue weighted by atomic mass is 16.5. The molecule has 0 bridgehead atoms. The number of fused-ring (bicyclic) bond motifs is 1. The van der Waals surface area contributed by atoms with Gasteiger partial charge in [0.2, 0.25) is 0 Å². The Morgan fingerprint density at radius 3 is 2.27 bits per heavy atom. The minimum absolute atomic E-state index is 0.386. The molecule has 4 heteroatoms. The standard InChI is InChI=1S/C18H16O4/c1-11-4-6-12(7-5-11)15-8-13-16(20-2)9-17(21-3)14(10-19)18(13)22-15/h4-10H,1-3H3. The predicted molar refractivity (Wildman–Crippen MR) is 84.9 cm³/mol. The summed E-state index contributed by atoms with van der Waals surface area (Å²) in [4.78, 5) is 11.4. The van der Waals surface area contributed by atoms with Gasteiger partial charge >= 0.3 is 0 Å². The first-order valence-electron chi connectivity index (χ1n) is 6.88. The van der Waals surface area contributed by atoms with Crippen molar-refractivity contribution in [1.29, 1.82) is 0 Å². The lowest BCUT2D eigenvalue weighted by molar-refractivity contribution is 0.112. The maximum absolute atomic E-state index is 11.4. The third kappa shape index (κ3) is 2.22. The van der Waals surface area contributed by atoms with Gasteiger partial charge in [0.15, 0.2) is 11.9 Å². The fourth-order valence-corrected chi connectivity index (χ4v) is 2.47. The number of rotatable bonds is 4. The topological polar surface area (TPSA) is 48.7 Å². The van der Waals surface area contributed by atoms with Gasteiger partial charge < -0.3 is 13.9 Å². The van der Waals surface area contributed by atoms with E-state index in [-0.39, 0.29) is 0 Å². The molecule has 0 N–H and O–H groups in total. The summed E-state index contributed by atoms with van der Waals surface area (Å²) in [5.74, 6) is 1.73. The molecule has 4 nitrogen and oxygen atoms in total. The highest BCUT2D eigenvalue weighted by Gasteiger charge is 2.18. The van der Waals surface area contributed by atoms with Gasteiger partial charge in [-0.15, -0.1) is 0 Å². The van der Waals surface area contributed by atoms with Gasteiger partial charge in [-0.05, 0) is 13.0 Å². The molecule has 0 saturated carbocycles. The van der Waals surface area contributed by atoms with E-state index in [0.717, 1.165) is 17.2 Å². The average Bonchev–Trinajstić information content (AvgIpc) is 2.98. The Kier molecular flexibility index (Phi) is 3.59. The van der Waals surface area contributed by atoms with Crippen LogP contribution < -0.4 is 9.47 Å². The summed E-state index contributed by atoms with van der Waals surface area (Å²) >= 11 is 0. The lowest BCUT2D eigenvalue weighted by Crippen LogP contribution is -1.93. The molecule has 0 aliphatic heterocycles. The molecule has 1 heterocycles. The number of furan rings is 1. The van der Waals surface area contributed by atoms with Crippen LogP contribution in [0.5, 0.6) is 11.5 Å². The van der Waals surface area contributed by atoms with Crippen molar-refractivity contribution < 1.29 is 18.7 Å². The van der Waals surface area contributed by atoms with Crippen LogP contribution in [-0.2, 0) is 0 Å². The Morgan fingerprint density at radius 2 is 1.68 bits per heavy atom. The molecular weight excluding hydrogens is 280 g/mol.